The Balaban J connectivity index is 2.35. The lowest BCUT2D eigenvalue weighted by molar-refractivity contribution is 0.839. The van der Waals surface area contributed by atoms with Gasteiger partial charge in [0.25, 0.3) is 0 Å². The number of anilines is 1. The molecule has 1 aromatic rings. The first kappa shape index (κ1) is 7.95. The monoisotopic (exact) mass is 180 g/mol. The topological polar surface area (TPSA) is 38.0 Å². The third-order valence-electron chi connectivity index (χ3n) is 2.15. The smallest absolute Gasteiger partial charge is 0.0387 e. The van der Waals surface area contributed by atoms with Crippen LogP contribution in [0.3, 0.4) is 0 Å². The van der Waals surface area contributed by atoms with Crippen molar-refractivity contribution in [3.8, 4) is 0 Å². The summed E-state index contributed by atoms with van der Waals surface area (Å²) in [5.74, 6) is 0. The summed E-state index contributed by atoms with van der Waals surface area (Å²) in [6, 6.07) is 6.91. The molecule has 0 saturated carbocycles. The van der Waals surface area contributed by atoms with Gasteiger partial charge in [0, 0.05) is 16.6 Å². The van der Waals surface area contributed by atoms with Crippen molar-refractivity contribution in [2.24, 2.45) is 5.14 Å². The molecule has 0 amide bonds. The molecule has 0 aliphatic carbocycles. The first-order chi connectivity index (χ1) is 5.79. The number of benzene rings is 1. The van der Waals surface area contributed by atoms with Crippen molar-refractivity contribution in [2.45, 2.75) is 24.3 Å². The van der Waals surface area contributed by atoms with Gasteiger partial charge in [0.2, 0.25) is 0 Å². The summed E-state index contributed by atoms with van der Waals surface area (Å²) in [6.45, 7) is 2.19. The minimum Gasteiger partial charge on any atom is -0.382 e. The van der Waals surface area contributed by atoms with Gasteiger partial charge in [-0.2, -0.15) is 0 Å². The molecule has 2 rings (SSSR count). The van der Waals surface area contributed by atoms with Crippen LogP contribution in [0.2, 0.25) is 0 Å². The van der Waals surface area contributed by atoms with Gasteiger partial charge >= 0.3 is 0 Å². The Morgan fingerprint density at radius 2 is 2.42 bits per heavy atom. The molecule has 0 spiro atoms. The second kappa shape index (κ2) is 2.99. The lowest BCUT2D eigenvalue weighted by atomic mass is 10.1. The summed E-state index contributed by atoms with van der Waals surface area (Å²) in [6.07, 6.45) is 1.13. The van der Waals surface area contributed by atoms with Crippen LogP contribution in [0.25, 0.3) is 0 Å². The number of hydrogen-bond acceptors (Lipinski definition) is 3. The molecule has 1 aliphatic rings. The van der Waals surface area contributed by atoms with Crippen LogP contribution in [0.5, 0.6) is 0 Å². The van der Waals surface area contributed by atoms with E-state index in [-0.39, 0.29) is 0 Å². The van der Waals surface area contributed by atoms with E-state index in [4.69, 9.17) is 5.14 Å². The number of fused-ring (bicyclic) bond motifs is 1. The quantitative estimate of drug-likeness (QED) is 0.649. The minimum atomic E-state index is 0.568. The van der Waals surface area contributed by atoms with Crippen LogP contribution in [-0.4, -0.2) is 6.04 Å². The molecule has 1 aromatic carbocycles. The van der Waals surface area contributed by atoms with Gasteiger partial charge < -0.3 is 5.32 Å². The van der Waals surface area contributed by atoms with Gasteiger partial charge in [-0.05, 0) is 43.0 Å². The molecule has 0 aromatic heterocycles. The molecule has 0 radical (unpaired) electrons. The van der Waals surface area contributed by atoms with E-state index < -0.39 is 0 Å². The fourth-order valence-corrected chi connectivity index (χ4v) is 1.92. The predicted octanol–water partition coefficient (Wildman–Crippen LogP) is 2.01. The molecule has 3 heteroatoms. The molecule has 1 aliphatic heterocycles. The lowest BCUT2D eigenvalue weighted by Gasteiger charge is -2.02. The van der Waals surface area contributed by atoms with Gasteiger partial charge in [-0.25, -0.2) is 0 Å². The Bertz CT molecular complexity index is 299. The zero-order valence-corrected chi connectivity index (χ0v) is 7.82. The fraction of sp³-hybridized carbons (Fsp3) is 0.333. The SMILES string of the molecule is CC1Cc2ccc(SN)cc2N1. The molecule has 1 unspecified atom stereocenters. The van der Waals surface area contributed by atoms with E-state index >= 15 is 0 Å². The second-order valence-electron chi connectivity index (χ2n) is 3.19. The number of nitrogens with one attached hydrogen (secondary N) is 1. The fourth-order valence-electron chi connectivity index (χ4n) is 1.59. The van der Waals surface area contributed by atoms with Crippen LogP contribution in [0, 0.1) is 0 Å². The normalized spacial score (nSPS) is 20.3. The van der Waals surface area contributed by atoms with Gasteiger partial charge in [-0.15, -0.1) is 0 Å². The van der Waals surface area contributed by atoms with Crippen molar-refractivity contribution >= 4 is 17.6 Å². The maximum Gasteiger partial charge on any atom is 0.0387 e. The van der Waals surface area contributed by atoms with Crippen molar-refractivity contribution in [3.05, 3.63) is 23.8 Å². The van der Waals surface area contributed by atoms with Gasteiger partial charge in [-0.1, -0.05) is 6.07 Å². The molecular formula is C9H12N2S. The molecule has 2 nitrogen and oxygen atoms in total. The van der Waals surface area contributed by atoms with Crippen LogP contribution in [0.15, 0.2) is 23.1 Å². The van der Waals surface area contributed by atoms with E-state index in [0.29, 0.717) is 6.04 Å². The van der Waals surface area contributed by atoms with E-state index in [1.807, 2.05) is 0 Å². The molecule has 1 atom stereocenters. The average Bonchev–Trinajstić information content (AvgIpc) is 2.43. The van der Waals surface area contributed by atoms with Gasteiger partial charge in [0.1, 0.15) is 0 Å². The van der Waals surface area contributed by atoms with Gasteiger partial charge in [-0.3, -0.25) is 5.14 Å². The zero-order chi connectivity index (χ0) is 8.55. The molecular weight excluding hydrogens is 168 g/mol. The molecule has 64 valence electrons. The van der Waals surface area contributed by atoms with E-state index in [0.717, 1.165) is 11.3 Å². The van der Waals surface area contributed by atoms with Crippen LogP contribution in [0.4, 0.5) is 5.69 Å². The predicted molar refractivity (Wildman–Crippen MR) is 53.3 cm³/mol. The third-order valence-corrected chi connectivity index (χ3v) is 2.67. The summed E-state index contributed by atoms with van der Waals surface area (Å²) >= 11 is 1.30. The molecule has 1 heterocycles. The van der Waals surface area contributed by atoms with Crippen molar-refractivity contribution in [3.63, 3.8) is 0 Å². The average molecular weight is 180 g/mol. The largest absolute Gasteiger partial charge is 0.382 e. The molecule has 0 saturated heterocycles. The highest BCUT2D eigenvalue weighted by atomic mass is 32.2. The second-order valence-corrected chi connectivity index (χ2v) is 3.89. The summed E-state index contributed by atoms with van der Waals surface area (Å²) < 4.78 is 0. The molecule has 12 heavy (non-hydrogen) atoms. The Morgan fingerprint density at radius 1 is 1.58 bits per heavy atom. The zero-order valence-electron chi connectivity index (χ0n) is 7.00. The highest BCUT2D eigenvalue weighted by molar-refractivity contribution is 7.97. The summed E-state index contributed by atoms with van der Waals surface area (Å²) in [5, 5.41) is 8.87. The Hall–Kier alpha value is -0.670. The lowest BCUT2D eigenvalue weighted by Crippen LogP contribution is -2.08. The van der Waals surface area contributed by atoms with Gasteiger partial charge in [0.15, 0.2) is 0 Å². The van der Waals surface area contributed by atoms with Crippen molar-refractivity contribution in [1.82, 2.24) is 0 Å². The van der Waals surface area contributed by atoms with Crippen molar-refractivity contribution in [2.75, 3.05) is 5.32 Å². The first-order valence-corrected chi connectivity index (χ1v) is 4.94. The number of rotatable bonds is 1. The molecule has 0 fully saturated rings. The van der Waals surface area contributed by atoms with Gasteiger partial charge in [0.05, 0.1) is 0 Å². The summed E-state index contributed by atoms with van der Waals surface area (Å²) in [4.78, 5) is 1.12. The Morgan fingerprint density at radius 3 is 3.17 bits per heavy atom. The maximum atomic E-state index is 5.47. The highest BCUT2D eigenvalue weighted by Crippen LogP contribution is 2.28. The van der Waals surface area contributed by atoms with Crippen molar-refractivity contribution < 1.29 is 0 Å². The van der Waals surface area contributed by atoms with E-state index in [2.05, 4.69) is 30.4 Å². The number of nitrogens with two attached hydrogens (primary N) is 1. The van der Waals surface area contributed by atoms with Crippen LogP contribution in [-0.2, 0) is 6.42 Å². The van der Waals surface area contributed by atoms with Crippen LogP contribution >= 0.6 is 11.9 Å². The minimum absolute atomic E-state index is 0.568. The Kier molecular flexibility index (Phi) is 1.98. The van der Waals surface area contributed by atoms with Crippen molar-refractivity contribution in [1.29, 1.82) is 0 Å². The highest BCUT2D eigenvalue weighted by Gasteiger charge is 2.15. The Labute approximate surface area is 76.7 Å². The summed E-state index contributed by atoms with van der Waals surface area (Å²) in [5.41, 5.74) is 2.65. The standard InChI is InChI=1S/C9H12N2S/c1-6-4-7-2-3-8(12-10)5-9(7)11-6/h2-3,5-6,11H,4,10H2,1H3. The molecule has 3 N–H and O–H groups in total. The molecule has 0 bridgehead atoms. The number of hydrogen-bond donors (Lipinski definition) is 2. The van der Waals surface area contributed by atoms with Crippen LogP contribution in [0.1, 0.15) is 12.5 Å². The maximum absolute atomic E-state index is 5.47. The van der Waals surface area contributed by atoms with E-state index in [9.17, 15) is 0 Å². The first-order valence-electron chi connectivity index (χ1n) is 4.06. The summed E-state index contributed by atoms with van der Waals surface area (Å²) in [7, 11) is 0. The van der Waals surface area contributed by atoms with Crippen LogP contribution < -0.4 is 10.5 Å². The van der Waals surface area contributed by atoms with E-state index in [1.54, 1.807) is 0 Å². The van der Waals surface area contributed by atoms with E-state index in [1.165, 1.54) is 23.2 Å². The third kappa shape index (κ3) is 1.30.